The Morgan fingerprint density at radius 3 is 2.29 bits per heavy atom. The molecule has 1 aliphatic carbocycles. The Labute approximate surface area is 197 Å². The van der Waals surface area contributed by atoms with Crippen LogP contribution in [0.1, 0.15) is 36.0 Å². The lowest BCUT2D eigenvalue weighted by molar-refractivity contribution is -0.127. The van der Waals surface area contributed by atoms with Crippen LogP contribution in [0.15, 0.2) is 71.6 Å². The van der Waals surface area contributed by atoms with Crippen molar-refractivity contribution < 1.29 is 22.4 Å². The third-order valence-electron chi connectivity index (χ3n) is 6.24. The van der Waals surface area contributed by atoms with Gasteiger partial charge in [-0.3, -0.25) is 20.4 Å². The molecule has 0 spiro atoms. The van der Waals surface area contributed by atoms with E-state index in [2.05, 4.69) is 15.6 Å². The van der Waals surface area contributed by atoms with Crippen molar-refractivity contribution in [1.29, 1.82) is 0 Å². The fraction of sp³-hybridized carbons (Fsp3) is 0.280. The normalized spacial score (nSPS) is 18.4. The van der Waals surface area contributed by atoms with Crippen LogP contribution in [0.3, 0.4) is 0 Å². The van der Waals surface area contributed by atoms with Crippen LogP contribution in [0.25, 0.3) is 10.8 Å². The summed E-state index contributed by atoms with van der Waals surface area (Å²) in [5.41, 5.74) is 5.50. The van der Waals surface area contributed by atoms with Crippen molar-refractivity contribution in [3.05, 3.63) is 78.1 Å². The molecule has 0 aromatic heterocycles. The second-order valence-electron chi connectivity index (χ2n) is 8.47. The third kappa shape index (κ3) is 5.43. The fourth-order valence-corrected chi connectivity index (χ4v) is 5.50. The van der Waals surface area contributed by atoms with Gasteiger partial charge in [-0.25, -0.2) is 17.5 Å². The van der Waals surface area contributed by atoms with Gasteiger partial charge in [-0.2, -0.15) is 0 Å². The van der Waals surface area contributed by atoms with Crippen molar-refractivity contribution in [2.75, 3.05) is 6.54 Å². The molecule has 0 heterocycles. The second kappa shape index (κ2) is 10.3. The van der Waals surface area contributed by atoms with Gasteiger partial charge in [-0.05, 0) is 60.6 Å². The standard InChI is InChI=1S/C25H26FN3O4S/c26-22-10-3-4-11-23(22)34(32,33)27-16-17-12-14-19(15-13-17)24(30)28-29-25(31)21-9-5-7-18-6-1-2-8-20(18)21/h1-11,17,19,27H,12-16H2,(H,28,30)(H,29,31). The number of halogens is 1. The molecule has 1 fully saturated rings. The smallest absolute Gasteiger partial charge is 0.270 e. The first kappa shape index (κ1) is 23.8. The van der Waals surface area contributed by atoms with E-state index in [9.17, 15) is 22.4 Å². The topological polar surface area (TPSA) is 104 Å². The first-order valence-electron chi connectivity index (χ1n) is 11.2. The number of benzene rings is 3. The van der Waals surface area contributed by atoms with Crippen LogP contribution < -0.4 is 15.6 Å². The van der Waals surface area contributed by atoms with E-state index in [1.165, 1.54) is 18.2 Å². The molecule has 3 N–H and O–H groups in total. The maximum atomic E-state index is 13.8. The van der Waals surface area contributed by atoms with Crippen molar-refractivity contribution in [3.63, 3.8) is 0 Å². The molecule has 0 radical (unpaired) electrons. The zero-order valence-corrected chi connectivity index (χ0v) is 19.3. The minimum absolute atomic E-state index is 0.0517. The quantitative estimate of drug-likeness (QED) is 0.467. The molecule has 3 aromatic carbocycles. The molecule has 0 aliphatic heterocycles. The molecule has 2 amide bonds. The van der Waals surface area contributed by atoms with Gasteiger partial charge in [0, 0.05) is 18.0 Å². The average molecular weight is 484 g/mol. The van der Waals surface area contributed by atoms with Gasteiger partial charge in [-0.15, -0.1) is 0 Å². The zero-order valence-electron chi connectivity index (χ0n) is 18.5. The van der Waals surface area contributed by atoms with Crippen LogP contribution in [0.4, 0.5) is 4.39 Å². The summed E-state index contributed by atoms with van der Waals surface area (Å²) in [7, 11) is -3.93. The molecule has 4 rings (SSSR count). The van der Waals surface area contributed by atoms with E-state index in [-0.39, 0.29) is 35.1 Å². The van der Waals surface area contributed by atoms with E-state index in [0.717, 1.165) is 16.8 Å². The number of rotatable bonds is 6. The Kier molecular flexibility index (Phi) is 7.23. The molecular formula is C25H26FN3O4S. The molecule has 34 heavy (non-hydrogen) atoms. The van der Waals surface area contributed by atoms with E-state index >= 15 is 0 Å². The summed E-state index contributed by atoms with van der Waals surface area (Å²) in [5, 5.41) is 1.74. The van der Waals surface area contributed by atoms with E-state index < -0.39 is 15.8 Å². The summed E-state index contributed by atoms with van der Waals surface area (Å²) < 4.78 is 41.0. The van der Waals surface area contributed by atoms with E-state index in [4.69, 9.17) is 0 Å². The number of carbonyl (C=O) groups is 2. The Bertz CT molecular complexity index is 1300. The Morgan fingerprint density at radius 2 is 1.53 bits per heavy atom. The molecule has 0 bridgehead atoms. The lowest BCUT2D eigenvalue weighted by Gasteiger charge is -2.27. The maximum absolute atomic E-state index is 13.8. The number of sulfonamides is 1. The maximum Gasteiger partial charge on any atom is 0.270 e. The number of amides is 2. The monoisotopic (exact) mass is 483 g/mol. The summed E-state index contributed by atoms with van der Waals surface area (Å²) in [6.07, 6.45) is 2.44. The molecule has 7 nitrogen and oxygen atoms in total. The van der Waals surface area contributed by atoms with Crippen molar-refractivity contribution in [2.45, 2.75) is 30.6 Å². The minimum Gasteiger partial charge on any atom is -0.273 e. The average Bonchev–Trinajstić information content (AvgIpc) is 2.86. The Morgan fingerprint density at radius 1 is 0.853 bits per heavy atom. The number of hydrogen-bond acceptors (Lipinski definition) is 4. The lowest BCUT2D eigenvalue weighted by Crippen LogP contribution is -2.45. The van der Waals surface area contributed by atoms with Gasteiger partial charge in [0.05, 0.1) is 0 Å². The predicted octanol–water partition coefficient (Wildman–Crippen LogP) is 3.52. The highest BCUT2D eigenvalue weighted by Gasteiger charge is 2.28. The van der Waals surface area contributed by atoms with E-state index in [1.807, 2.05) is 30.3 Å². The molecule has 3 aromatic rings. The van der Waals surface area contributed by atoms with Crippen LogP contribution in [0, 0.1) is 17.7 Å². The van der Waals surface area contributed by atoms with Gasteiger partial charge in [0.1, 0.15) is 10.7 Å². The summed E-state index contributed by atoms with van der Waals surface area (Å²) >= 11 is 0. The van der Waals surface area contributed by atoms with Crippen molar-refractivity contribution in [3.8, 4) is 0 Å². The summed E-state index contributed by atoms with van der Waals surface area (Å²) in [4.78, 5) is 24.8. The van der Waals surface area contributed by atoms with Gasteiger partial charge in [0.25, 0.3) is 5.91 Å². The Hall–Kier alpha value is -3.30. The van der Waals surface area contributed by atoms with Crippen LogP contribution in [0.2, 0.25) is 0 Å². The number of carbonyl (C=O) groups excluding carboxylic acids is 2. The summed E-state index contributed by atoms with van der Waals surface area (Å²) in [5.74, 6) is -1.66. The number of nitrogens with one attached hydrogen (secondary N) is 3. The predicted molar refractivity (Wildman–Crippen MR) is 127 cm³/mol. The molecular weight excluding hydrogens is 457 g/mol. The highest BCUT2D eigenvalue weighted by Crippen LogP contribution is 2.29. The highest BCUT2D eigenvalue weighted by molar-refractivity contribution is 7.89. The molecule has 0 saturated heterocycles. The van der Waals surface area contributed by atoms with Crippen LogP contribution in [-0.4, -0.2) is 26.8 Å². The fourth-order valence-electron chi connectivity index (χ4n) is 4.31. The van der Waals surface area contributed by atoms with Gasteiger partial charge in [-0.1, -0.05) is 48.5 Å². The van der Waals surface area contributed by atoms with Gasteiger partial charge in [0.2, 0.25) is 15.9 Å². The first-order valence-corrected chi connectivity index (χ1v) is 12.7. The number of hydrazine groups is 1. The Balaban J connectivity index is 1.25. The van der Waals surface area contributed by atoms with Crippen LogP contribution in [-0.2, 0) is 14.8 Å². The first-order chi connectivity index (χ1) is 16.3. The highest BCUT2D eigenvalue weighted by atomic mass is 32.2. The van der Waals surface area contributed by atoms with E-state index in [1.54, 1.807) is 12.1 Å². The molecule has 0 atom stereocenters. The minimum atomic E-state index is -3.93. The van der Waals surface area contributed by atoms with E-state index in [0.29, 0.717) is 31.2 Å². The van der Waals surface area contributed by atoms with Gasteiger partial charge < -0.3 is 0 Å². The molecule has 1 aliphatic rings. The third-order valence-corrected chi connectivity index (χ3v) is 7.70. The summed E-state index contributed by atoms with van der Waals surface area (Å²) in [6, 6.07) is 18.2. The van der Waals surface area contributed by atoms with Gasteiger partial charge >= 0.3 is 0 Å². The number of fused-ring (bicyclic) bond motifs is 1. The number of hydrogen-bond donors (Lipinski definition) is 3. The van der Waals surface area contributed by atoms with Crippen LogP contribution >= 0.6 is 0 Å². The van der Waals surface area contributed by atoms with Crippen LogP contribution in [0.5, 0.6) is 0 Å². The van der Waals surface area contributed by atoms with Crippen molar-refractivity contribution >= 4 is 32.6 Å². The molecule has 178 valence electrons. The second-order valence-corrected chi connectivity index (χ2v) is 10.2. The van der Waals surface area contributed by atoms with Crippen molar-refractivity contribution in [2.24, 2.45) is 11.8 Å². The molecule has 0 unspecified atom stereocenters. The largest absolute Gasteiger partial charge is 0.273 e. The molecule has 9 heteroatoms. The van der Waals surface area contributed by atoms with Gasteiger partial charge in [0.15, 0.2) is 0 Å². The summed E-state index contributed by atoms with van der Waals surface area (Å²) in [6.45, 7) is 0.183. The van der Waals surface area contributed by atoms with Crippen molar-refractivity contribution in [1.82, 2.24) is 15.6 Å². The lowest BCUT2D eigenvalue weighted by atomic mass is 9.82. The molecule has 1 saturated carbocycles. The SMILES string of the molecule is O=C(NNC(=O)C1CCC(CNS(=O)(=O)c2ccccc2F)CC1)c1cccc2ccccc12. The zero-order chi connectivity index (χ0) is 24.1.